The number of nitrogens with one attached hydrogen (secondary N) is 1. The summed E-state index contributed by atoms with van der Waals surface area (Å²) in [6.45, 7) is 3.47. The molecule has 0 heterocycles. The Bertz CT molecular complexity index is 461. The van der Waals surface area contributed by atoms with Gasteiger partial charge in [0.05, 0.1) is 11.1 Å². The third-order valence-corrected chi connectivity index (χ3v) is 3.36. The molecule has 0 spiro atoms. The van der Waals surface area contributed by atoms with E-state index in [-0.39, 0.29) is 5.88 Å². The summed E-state index contributed by atoms with van der Waals surface area (Å²) in [5.41, 5.74) is -1.27. The monoisotopic (exact) mass is 279 g/mol. The van der Waals surface area contributed by atoms with Gasteiger partial charge in [0.15, 0.2) is 17.5 Å². The van der Waals surface area contributed by atoms with Gasteiger partial charge in [-0.25, -0.2) is 13.2 Å². The molecule has 0 aliphatic rings. The highest BCUT2D eigenvalue weighted by Crippen LogP contribution is 2.17. The van der Waals surface area contributed by atoms with Gasteiger partial charge in [0.2, 0.25) is 0 Å². The average Bonchev–Trinajstić information content (AvgIpc) is 2.35. The Hall–Kier alpha value is -1.23. The zero-order valence-corrected chi connectivity index (χ0v) is 10.7. The maximum atomic E-state index is 13.4. The van der Waals surface area contributed by atoms with Crippen molar-refractivity contribution in [1.29, 1.82) is 0 Å². The number of halogens is 4. The standard InChI is InChI=1S/C12H13ClF3NO/c1-3-12(2,6-13)17-11(18)7-4-5-8(14)10(16)9(7)15/h4-5H,3,6H2,1-2H3,(H,17,18). The Labute approximate surface area is 108 Å². The van der Waals surface area contributed by atoms with Crippen LogP contribution in [0.4, 0.5) is 13.2 Å². The zero-order chi connectivity index (χ0) is 13.9. The van der Waals surface area contributed by atoms with Crippen LogP contribution in [0.15, 0.2) is 12.1 Å². The highest BCUT2D eigenvalue weighted by Gasteiger charge is 2.26. The Balaban J connectivity index is 3.02. The summed E-state index contributed by atoms with van der Waals surface area (Å²) in [4.78, 5) is 11.8. The SMILES string of the molecule is CCC(C)(CCl)NC(=O)c1ccc(F)c(F)c1F. The lowest BCUT2D eigenvalue weighted by Crippen LogP contribution is -2.47. The minimum atomic E-state index is -1.66. The molecule has 0 aliphatic carbocycles. The molecule has 1 N–H and O–H groups in total. The van der Waals surface area contributed by atoms with E-state index in [0.717, 1.165) is 6.07 Å². The quantitative estimate of drug-likeness (QED) is 0.665. The first-order valence-corrected chi connectivity index (χ1v) is 5.90. The Morgan fingerprint density at radius 3 is 2.44 bits per heavy atom. The highest BCUT2D eigenvalue weighted by atomic mass is 35.5. The summed E-state index contributed by atoms with van der Waals surface area (Å²) in [6.07, 6.45) is 0.521. The minimum Gasteiger partial charge on any atom is -0.346 e. The van der Waals surface area contributed by atoms with E-state index < -0.39 is 34.5 Å². The van der Waals surface area contributed by atoms with Crippen LogP contribution in [0.3, 0.4) is 0 Å². The highest BCUT2D eigenvalue weighted by molar-refractivity contribution is 6.18. The number of carbonyl (C=O) groups is 1. The van der Waals surface area contributed by atoms with Crippen LogP contribution in [0.25, 0.3) is 0 Å². The van der Waals surface area contributed by atoms with Crippen molar-refractivity contribution >= 4 is 17.5 Å². The number of amides is 1. The lowest BCUT2D eigenvalue weighted by molar-refractivity contribution is 0.0907. The third-order valence-electron chi connectivity index (χ3n) is 2.77. The molecule has 1 atom stereocenters. The second-order valence-electron chi connectivity index (χ2n) is 4.22. The Morgan fingerprint density at radius 2 is 1.94 bits per heavy atom. The van der Waals surface area contributed by atoms with Crippen molar-refractivity contribution in [3.63, 3.8) is 0 Å². The van der Waals surface area contributed by atoms with Gasteiger partial charge in [-0.2, -0.15) is 0 Å². The van der Waals surface area contributed by atoms with Gasteiger partial charge in [-0.05, 0) is 25.5 Å². The van der Waals surface area contributed by atoms with Crippen molar-refractivity contribution in [1.82, 2.24) is 5.32 Å². The molecule has 1 aromatic carbocycles. The molecular weight excluding hydrogens is 267 g/mol. The van der Waals surface area contributed by atoms with Gasteiger partial charge in [-0.1, -0.05) is 6.92 Å². The maximum Gasteiger partial charge on any atom is 0.254 e. The molecule has 1 aromatic rings. The van der Waals surface area contributed by atoms with Crippen molar-refractivity contribution in [3.05, 3.63) is 35.1 Å². The van der Waals surface area contributed by atoms with Gasteiger partial charge in [-0.15, -0.1) is 11.6 Å². The first-order chi connectivity index (χ1) is 8.34. The van der Waals surface area contributed by atoms with Crippen LogP contribution < -0.4 is 5.32 Å². The van der Waals surface area contributed by atoms with Crippen LogP contribution >= 0.6 is 11.6 Å². The number of benzene rings is 1. The summed E-state index contributed by atoms with van der Waals surface area (Å²) in [5.74, 6) is -5.19. The number of rotatable bonds is 4. The molecule has 0 aliphatic heterocycles. The molecule has 0 radical (unpaired) electrons. The molecule has 0 saturated carbocycles. The zero-order valence-electron chi connectivity index (χ0n) is 9.99. The molecule has 6 heteroatoms. The largest absolute Gasteiger partial charge is 0.346 e. The molecule has 1 amide bonds. The molecule has 18 heavy (non-hydrogen) atoms. The summed E-state index contributed by atoms with van der Waals surface area (Å²) < 4.78 is 39.1. The molecule has 0 bridgehead atoms. The Kier molecular flexibility index (Phi) is 4.62. The van der Waals surface area contributed by atoms with Gasteiger partial charge in [0.1, 0.15) is 0 Å². The normalized spacial score (nSPS) is 14.1. The topological polar surface area (TPSA) is 29.1 Å². The fourth-order valence-corrected chi connectivity index (χ4v) is 1.51. The van der Waals surface area contributed by atoms with E-state index in [9.17, 15) is 18.0 Å². The van der Waals surface area contributed by atoms with Crippen molar-refractivity contribution in [2.24, 2.45) is 0 Å². The van der Waals surface area contributed by atoms with E-state index in [0.29, 0.717) is 12.5 Å². The van der Waals surface area contributed by atoms with E-state index in [1.54, 1.807) is 13.8 Å². The predicted molar refractivity (Wildman–Crippen MR) is 63.2 cm³/mol. The van der Waals surface area contributed by atoms with Crippen molar-refractivity contribution in [2.75, 3.05) is 5.88 Å². The van der Waals surface area contributed by atoms with Crippen LogP contribution in [0, 0.1) is 17.5 Å². The van der Waals surface area contributed by atoms with E-state index in [1.165, 1.54) is 0 Å². The molecule has 2 nitrogen and oxygen atoms in total. The van der Waals surface area contributed by atoms with Crippen LogP contribution in [-0.4, -0.2) is 17.3 Å². The van der Waals surface area contributed by atoms with E-state index in [4.69, 9.17) is 11.6 Å². The second kappa shape index (κ2) is 5.61. The summed E-state index contributed by atoms with van der Waals surface area (Å²) >= 11 is 5.69. The molecule has 0 fully saturated rings. The summed E-state index contributed by atoms with van der Waals surface area (Å²) in [7, 11) is 0. The van der Waals surface area contributed by atoms with E-state index in [1.807, 2.05) is 0 Å². The van der Waals surface area contributed by atoms with Gasteiger partial charge in [-0.3, -0.25) is 4.79 Å². The molecule has 100 valence electrons. The second-order valence-corrected chi connectivity index (χ2v) is 4.49. The van der Waals surface area contributed by atoms with E-state index in [2.05, 4.69) is 5.32 Å². The van der Waals surface area contributed by atoms with Gasteiger partial charge in [0, 0.05) is 5.88 Å². The van der Waals surface area contributed by atoms with Crippen LogP contribution in [0.2, 0.25) is 0 Å². The van der Waals surface area contributed by atoms with Crippen LogP contribution in [0.1, 0.15) is 30.6 Å². The fraction of sp³-hybridized carbons (Fsp3) is 0.417. The van der Waals surface area contributed by atoms with Gasteiger partial charge in [0.25, 0.3) is 5.91 Å². The van der Waals surface area contributed by atoms with Crippen molar-refractivity contribution < 1.29 is 18.0 Å². The molecular formula is C12H13ClF3NO. The predicted octanol–water partition coefficient (Wildman–Crippen LogP) is 3.24. The lowest BCUT2D eigenvalue weighted by atomic mass is 10.0. The number of hydrogen-bond donors (Lipinski definition) is 1. The molecule has 1 unspecified atom stereocenters. The molecule has 0 saturated heterocycles. The Morgan fingerprint density at radius 1 is 1.33 bits per heavy atom. The maximum absolute atomic E-state index is 13.4. The lowest BCUT2D eigenvalue weighted by Gasteiger charge is -2.27. The fourth-order valence-electron chi connectivity index (χ4n) is 1.26. The molecule has 1 rings (SSSR count). The van der Waals surface area contributed by atoms with Gasteiger partial charge < -0.3 is 5.32 Å². The smallest absolute Gasteiger partial charge is 0.254 e. The van der Waals surface area contributed by atoms with Crippen LogP contribution in [0.5, 0.6) is 0 Å². The summed E-state index contributed by atoms with van der Waals surface area (Å²) in [5, 5.41) is 2.50. The molecule has 0 aromatic heterocycles. The number of hydrogen-bond acceptors (Lipinski definition) is 1. The first kappa shape index (κ1) is 14.8. The first-order valence-electron chi connectivity index (χ1n) is 5.36. The third kappa shape index (κ3) is 2.96. The van der Waals surface area contributed by atoms with Crippen molar-refractivity contribution in [2.45, 2.75) is 25.8 Å². The average molecular weight is 280 g/mol. The number of carbonyl (C=O) groups excluding carboxylic acids is 1. The van der Waals surface area contributed by atoms with Crippen molar-refractivity contribution in [3.8, 4) is 0 Å². The summed E-state index contributed by atoms with van der Waals surface area (Å²) in [6, 6.07) is 1.60. The van der Waals surface area contributed by atoms with Crippen LogP contribution in [-0.2, 0) is 0 Å². The van der Waals surface area contributed by atoms with E-state index >= 15 is 0 Å². The number of alkyl halides is 1. The minimum absolute atomic E-state index is 0.126. The van der Waals surface area contributed by atoms with Gasteiger partial charge >= 0.3 is 0 Å².